The predicted molar refractivity (Wildman–Crippen MR) is 197 cm³/mol. The van der Waals surface area contributed by atoms with Crippen molar-refractivity contribution in [2.75, 3.05) is 37.5 Å². The zero-order valence-electron chi connectivity index (χ0n) is 29.3. The molecule has 3 saturated carbocycles. The van der Waals surface area contributed by atoms with Crippen LogP contribution in [0.1, 0.15) is 92.6 Å². The van der Waals surface area contributed by atoms with Crippen LogP contribution < -0.4 is 14.4 Å². The van der Waals surface area contributed by atoms with Crippen molar-refractivity contribution in [2.24, 2.45) is 33.4 Å². The van der Waals surface area contributed by atoms with Gasteiger partial charge in [-0.15, -0.1) is 4.36 Å². The van der Waals surface area contributed by atoms with Gasteiger partial charge in [0.2, 0.25) is 5.91 Å². The lowest BCUT2D eigenvalue weighted by Crippen LogP contribution is -2.50. The smallest absolute Gasteiger partial charge is 0.286 e. The Morgan fingerprint density at radius 3 is 2.70 bits per heavy atom. The summed E-state index contributed by atoms with van der Waals surface area (Å²) >= 11 is 6.46. The largest absolute Gasteiger partial charge is 0.490 e. The molecule has 2 aliphatic heterocycles. The molecule has 3 fully saturated rings. The van der Waals surface area contributed by atoms with E-state index in [1.54, 1.807) is 13.2 Å². The second kappa shape index (κ2) is 13.3. The average molecular weight is 720 g/mol. The first-order valence-corrected chi connectivity index (χ1v) is 20.7. The topological polar surface area (TPSA) is 97.3 Å². The van der Waals surface area contributed by atoms with E-state index in [1.807, 2.05) is 25.1 Å². The van der Waals surface area contributed by atoms with E-state index >= 15 is 0 Å². The lowest BCUT2D eigenvalue weighted by Gasteiger charge is -2.53. The van der Waals surface area contributed by atoms with E-state index in [-0.39, 0.29) is 35.0 Å². The van der Waals surface area contributed by atoms with E-state index < -0.39 is 15.8 Å². The molecule has 2 aromatic rings. The second-order valence-corrected chi connectivity index (χ2v) is 18.8. The minimum atomic E-state index is -3.38. The summed E-state index contributed by atoms with van der Waals surface area (Å²) in [6.45, 7) is 4.08. The van der Waals surface area contributed by atoms with E-state index in [0.29, 0.717) is 35.8 Å². The molecule has 2 spiro atoms. The molecule has 2 aromatic carbocycles. The Kier molecular flexibility index (Phi) is 9.08. The number of hydrogen-bond acceptors (Lipinski definition) is 6. The van der Waals surface area contributed by atoms with Crippen molar-refractivity contribution in [3.05, 3.63) is 70.3 Å². The van der Waals surface area contributed by atoms with Crippen molar-refractivity contribution in [1.29, 1.82) is 0 Å². The molecule has 4 aliphatic carbocycles. The molecule has 2 bridgehead atoms. The summed E-state index contributed by atoms with van der Waals surface area (Å²) in [6.07, 6.45) is 15.4. The Labute approximate surface area is 302 Å². The molecule has 2 amide bonds. The maximum atomic E-state index is 14.5. The lowest BCUT2D eigenvalue weighted by molar-refractivity contribution is -0.134. The zero-order chi connectivity index (χ0) is 34.7. The third kappa shape index (κ3) is 6.40. The summed E-state index contributed by atoms with van der Waals surface area (Å²) in [6, 6.07) is 11.7. The Balaban J connectivity index is 1.17. The number of fused-ring (bicyclic) bond motifs is 4. The first-order valence-electron chi connectivity index (χ1n) is 18.7. The van der Waals surface area contributed by atoms with Crippen LogP contribution in [0.5, 0.6) is 5.75 Å². The number of methoxy groups -OCH3 is 1. The summed E-state index contributed by atoms with van der Waals surface area (Å²) in [4.78, 5) is 29.9. The number of nitrogens with one attached hydrogen (secondary N) is 1. The molecule has 6 aliphatic rings. The molecule has 268 valence electrons. The van der Waals surface area contributed by atoms with Gasteiger partial charge < -0.3 is 14.4 Å². The van der Waals surface area contributed by atoms with Crippen LogP contribution in [0.15, 0.2) is 52.9 Å². The highest BCUT2D eigenvalue weighted by atomic mass is 35.5. The molecule has 0 radical (unpaired) electrons. The van der Waals surface area contributed by atoms with Crippen LogP contribution in [0.3, 0.4) is 0 Å². The molecule has 8 nitrogen and oxygen atoms in total. The van der Waals surface area contributed by atoms with Gasteiger partial charge in [-0.05, 0) is 129 Å². The Bertz CT molecular complexity index is 1820. The number of benzene rings is 2. The van der Waals surface area contributed by atoms with Crippen LogP contribution in [0.2, 0.25) is 5.02 Å². The van der Waals surface area contributed by atoms with Gasteiger partial charge in [0.1, 0.15) is 15.7 Å². The van der Waals surface area contributed by atoms with Gasteiger partial charge in [0.15, 0.2) is 0 Å². The molecular formula is C40H50ClN3O5S. The van der Waals surface area contributed by atoms with Crippen LogP contribution in [0.4, 0.5) is 5.69 Å². The highest BCUT2D eigenvalue weighted by Crippen LogP contribution is 2.58. The summed E-state index contributed by atoms with van der Waals surface area (Å²) in [7, 11) is -1.60. The molecule has 1 N–H and O–H groups in total. The van der Waals surface area contributed by atoms with E-state index in [1.165, 1.54) is 30.4 Å². The summed E-state index contributed by atoms with van der Waals surface area (Å²) in [5.74, 6) is 0.559. The van der Waals surface area contributed by atoms with Crippen LogP contribution in [-0.2, 0) is 31.3 Å². The van der Waals surface area contributed by atoms with Crippen molar-refractivity contribution in [2.45, 2.75) is 89.1 Å². The highest BCUT2D eigenvalue weighted by molar-refractivity contribution is 7.92. The zero-order valence-corrected chi connectivity index (χ0v) is 30.9. The van der Waals surface area contributed by atoms with Gasteiger partial charge >= 0.3 is 0 Å². The maximum absolute atomic E-state index is 14.5. The predicted octanol–water partition coefficient (Wildman–Crippen LogP) is 7.67. The third-order valence-electron chi connectivity index (χ3n) is 12.9. The third-order valence-corrected chi connectivity index (χ3v) is 15.2. The van der Waals surface area contributed by atoms with Crippen molar-refractivity contribution in [3.63, 3.8) is 0 Å². The van der Waals surface area contributed by atoms with E-state index in [9.17, 15) is 13.8 Å². The monoisotopic (exact) mass is 719 g/mol. The number of carbonyl (C=O) groups is 2. The van der Waals surface area contributed by atoms with Gasteiger partial charge in [-0.1, -0.05) is 43.2 Å². The maximum Gasteiger partial charge on any atom is 0.286 e. The van der Waals surface area contributed by atoms with Crippen LogP contribution in [-0.4, -0.2) is 54.7 Å². The molecular weight excluding hydrogens is 670 g/mol. The molecule has 6 atom stereocenters. The first kappa shape index (κ1) is 34.2. The van der Waals surface area contributed by atoms with E-state index in [2.05, 4.69) is 38.3 Å². The standard InChI is InChI=1S/C40H50ClN3O5S/c1-26-6-3-8-35(48-2)32-12-9-29(32)22-44-24-40(17-4-7-27-18-31(41)11-13-33(27)40)25-49-36-14-10-28(19-34(36)44)37(45)42-50(47,23-26)43-38(46)30-20-39(21-30)15-5-16-39/h3,8,10-11,13-14,18-19,26,29-30,32,35H,4-7,9,12,15-17,20-25H2,1-2H3,(H,42,43,45,46,47)/b8-3-/t26-,29-,32+,35-,40-,50?/m0/s1. The second-order valence-electron chi connectivity index (χ2n) is 16.4. The number of anilines is 1. The van der Waals surface area contributed by atoms with Crippen molar-refractivity contribution in [3.8, 4) is 5.75 Å². The number of halogens is 1. The Morgan fingerprint density at radius 2 is 1.96 bits per heavy atom. The minimum Gasteiger partial charge on any atom is -0.490 e. The van der Waals surface area contributed by atoms with Crippen molar-refractivity contribution < 1.29 is 23.3 Å². The fraction of sp³-hybridized carbons (Fsp3) is 0.600. The average Bonchev–Trinajstić information content (AvgIpc) is 3.17. The van der Waals surface area contributed by atoms with Crippen LogP contribution >= 0.6 is 11.6 Å². The summed E-state index contributed by atoms with van der Waals surface area (Å²) in [5.41, 5.74) is 3.85. The van der Waals surface area contributed by atoms with Crippen molar-refractivity contribution in [1.82, 2.24) is 4.72 Å². The number of aryl methyl sites for hydroxylation is 1. The number of amides is 2. The van der Waals surface area contributed by atoms with E-state index in [0.717, 1.165) is 74.5 Å². The Morgan fingerprint density at radius 1 is 1.12 bits per heavy atom. The van der Waals surface area contributed by atoms with Crippen LogP contribution in [0, 0.1) is 29.1 Å². The number of nitrogens with zero attached hydrogens (tertiary/aromatic N) is 2. The lowest BCUT2D eigenvalue weighted by atomic mass is 9.52. The molecule has 50 heavy (non-hydrogen) atoms. The molecule has 1 unspecified atom stereocenters. The molecule has 0 aromatic heterocycles. The van der Waals surface area contributed by atoms with Gasteiger partial charge in [-0.25, -0.2) is 4.21 Å². The first-order chi connectivity index (χ1) is 24.1. The summed E-state index contributed by atoms with van der Waals surface area (Å²) in [5, 5.41) is 0.753. The number of hydrogen-bond donors (Lipinski definition) is 1. The molecule has 0 saturated heterocycles. The van der Waals surface area contributed by atoms with Gasteiger partial charge in [-0.2, -0.15) is 0 Å². The number of allylic oxidation sites excluding steroid dienone is 1. The molecule has 2 heterocycles. The quantitative estimate of drug-likeness (QED) is 0.327. The van der Waals surface area contributed by atoms with Gasteiger partial charge in [0, 0.05) is 42.1 Å². The molecule has 8 rings (SSSR count). The fourth-order valence-corrected chi connectivity index (χ4v) is 12.0. The normalized spacial score (nSPS) is 34.1. The van der Waals surface area contributed by atoms with E-state index in [4.69, 9.17) is 21.1 Å². The number of rotatable bonds is 3. The van der Waals surface area contributed by atoms with Gasteiger partial charge in [0.05, 0.1) is 24.2 Å². The summed E-state index contributed by atoms with van der Waals surface area (Å²) < 4.78 is 34.5. The Hall–Kier alpha value is -2.88. The van der Waals surface area contributed by atoms with Gasteiger partial charge in [-0.3, -0.25) is 14.3 Å². The van der Waals surface area contributed by atoms with Gasteiger partial charge in [0.25, 0.3) is 5.91 Å². The highest BCUT2D eigenvalue weighted by Gasteiger charge is 2.51. The SMILES string of the molecule is CO[C@H]1/C=C\C[C@H](C)CS(=O)(NC(=O)C2CC3(CCC3)C2)=NC(=O)c2ccc3c(c2)N(C[C@@H]2CC[C@H]21)C[C@@]1(CCCc2cc(Cl)ccc21)CO3. The number of carbonyl (C=O) groups excluding carboxylic acids is 2. The molecule has 10 heteroatoms. The van der Waals surface area contributed by atoms with Crippen LogP contribution in [0.25, 0.3) is 0 Å². The number of ether oxygens (including phenoxy) is 2. The van der Waals surface area contributed by atoms with Crippen molar-refractivity contribution >= 4 is 39.0 Å². The fourth-order valence-electron chi connectivity index (χ4n) is 9.86. The minimum absolute atomic E-state index is 0.0258.